The van der Waals surface area contributed by atoms with Gasteiger partial charge in [-0.2, -0.15) is 0 Å². The quantitative estimate of drug-likeness (QED) is 0.560. The Morgan fingerprint density at radius 3 is 2.33 bits per heavy atom. The molecule has 8 nitrogen and oxygen atoms in total. The Bertz CT molecular complexity index is 627. The highest BCUT2D eigenvalue weighted by Gasteiger charge is 2.24. The van der Waals surface area contributed by atoms with Crippen LogP contribution in [-0.2, 0) is 25.7 Å². The second-order valence-electron chi connectivity index (χ2n) is 7.17. The number of hydrogen-bond donors (Lipinski definition) is 3. The van der Waals surface area contributed by atoms with Gasteiger partial charge < -0.3 is 25.6 Å². The van der Waals surface area contributed by atoms with E-state index in [1.807, 2.05) is 30.3 Å². The number of carboxylic acid groups (broad SMARTS) is 1. The van der Waals surface area contributed by atoms with E-state index >= 15 is 0 Å². The van der Waals surface area contributed by atoms with Crippen LogP contribution >= 0.6 is 0 Å². The monoisotopic (exact) mass is 380 g/mol. The molecule has 0 aliphatic heterocycles. The number of carboxylic acids is 1. The molecule has 1 aromatic rings. The highest BCUT2D eigenvalue weighted by molar-refractivity contribution is 5.80. The molecule has 0 saturated carbocycles. The van der Waals surface area contributed by atoms with E-state index < -0.39 is 35.7 Å². The number of amides is 1. The number of nitrogens with two attached hydrogens (primary N) is 1. The van der Waals surface area contributed by atoms with Crippen molar-refractivity contribution in [3.05, 3.63) is 35.9 Å². The van der Waals surface area contributed by atoms with Crippen molar-refractivity contribution in [3.63, 3.8) is 0 Å². The van der Waals surface area contributed by atoms with Gasteiger partial charge in [0.25, 0.3) is 0 Å². The molecule has 2 atom stereocenters. The number of carbonyl (C=O) groups excluding carboxylic acids is 2. The summed E-state index contributed by atoms with van der Waals surface area (Å²) in [5.74, 6) is -1.73. The van der Waals surface area contributed by atoms with Crippen molar-refractivity contribution in [2.45, 2.75) is 64.3 Å². The van der Waals surface area contributed by atoms with E-state index in [1.54, 1.807) is 20.8 Å². The van der Waals surface area contributed by atoms with Crippen LogP contribution < -0.4 is 11.1 Å². The highest BCUT2D eigenvalue weighted by atomic mass is 16.6. The van der Waals surface area contributed by atoms with Crippen molar-refractivity contribution in [2.24, 2.45) is 5.73 Å². The first-order chi connectivity index (χ1) is 12.6. The van der Waals surface area contributed by atoms with Gasteiger partial charge >= 0.3 is 18.0 Å². The van der Waals surface area contributed by atoms with Gasteiger partial charge in [-0.15, -0.1) is 0 Å². The van der Waals surface area contributed by atoms with Crippen molar-refractivity contribution in [3.8, 4) is 0 Å². The average molecular weight is 380 g/mol. The lowest BCUT2D eigenvalue weighted by molar-refractivity contribution is -0.146. The Hall–Kier alpha value is -2.61. The first-order valence-corrected chi connectivity index (χ1v) is 8.77. The number of esters is 1. The minimum absolute atomic E-state index is 0.119. The van der Waals surface area contributed by atoms with E-state index in [1.165, 1.54) is 0 Å². The number of benzene rings is 1. The molecule has 0 bridgehead atoms. The van der Waals surface area contributed by atoms with Crippen LogP contribution in [0.15, 0.2) is 30.3 Å². The zero-order valence-electron chi connectivity index (χ0n) is 15.9. The van der Waals surface area contributed by atoms with E-state index in [0.29, 0.717) is 6.42 Å². The molecule has 0 aliphatic rings. The van der Waals surface area contributed by atoms with Crippen molar-refractivity contribution in [2.75, 3.05) is 0 Å². The lowest BCUT2D eigenvalue weighted by atomic mass is 10.1. The standard InChI is InChI=1S/C19H28N2O6/c1-19(2,3)27-18(25)21-15(16(22)23)11-7-10-14(20)17(24)26-12-13-8-5-4-6-9-13/h4-6,8-9,14-15H,7,10-12,20H2,1-3H3,(H,21,25)(H,22,23)/t14?,15-/m1/s1. The first-order valence-electron chi connectivity index (χ1n) is 8.77. The van der Waals surface area contributed by atoms with Crippen LogP contribution in [0.1, 0.15) is 45.6 Å². The number of hydrogen-bond acceptors (Lipinski definition) is 6. The molecular weight excluding hydrogens is 352 g/mol. The highest BCUT2D eigenvalue weighted by Crippen LogP contribution is 2.10. The smallest absolute Gasteiger partial charge is 0.408 e. The van der Waals surface area contributed by atoms with Crippen LogP contribution in [-0.4, -0.2) is 40.8 Å². The Kier molecular flexibility index (Phi) is 8.74. The zero-order valence-corrected chi connectivity index (χ0v) is 15.9. The third kappa shape index (κ3) is 9.60. The molecule has 0 radical (unpaired) electrons. The average Bonchev–Trinajstić information content (AvgIpc) is 2.57. The van der Waals surface area contributed by atoms with Crippen molar-refractivity contribution < 1.29 is 29.0 Å². The molecule has 1 aromatic carbocycles. The minimum Gasteiger partial charge on any atom is -0.480 e. The summed E-state index contributed by atoms with van der Waals surface area (Å²) in [7, 11) is 0. The van der Waals surface area contributed by atoms with Gasteiger partial charge in [0.1, 0.15) is 24.3 Å². The van der Waals surface area contributed by atoms with E-state index in [9.17, 15) is 19.5 Å². The molecule has 0 spiro atoms. The molecular formula is C19H28N2O6. The lowest BCUT2D eigenvalue weighted by Crippen LogP contribution is -2.43. The van der Waals surface area contributed by atoms with Gasteiger partial charge in [-0.1, -0.05) is 30.3 Å². The summed E-state index contributed by atoms with van der Waals surface area (Å²) < 4.78 is 10.2. The number of rotatable bonds is 9. The SMILES string of the molecule is CC(C)(C)OC(=O)N[C@H](CCCC(N)C(=O)OCc1ccccc1)C(=O)O. The van der Waals surface area contributed by atoms with Crippen molar-refractivity contribution >= 4 is 18.0 Å². The molecule has 0 heterocycles. The molecule has 1 unspecified atom stereocenters. The predicted octanol–water partition coefficient (Wildman–Crippen LogP) is 2.21. The lowest BCUT2D eigenvalue weighted by Gasteiger charge is -2.22. The Labute approximate surface area is 159 Å². The minimum atomic E-state index is -1.18. The molecule has 0 fully saturated rings. The molecule has 0 aromatic heterocycles. The van der Waals surface area contributed by atoms with Crippen molar-refractivity contribution in [1.29, 1.82) is 0 Å². The maximum atomic E-state index is 11.9. The largest absolute Gasteiger partial charge is 0.480 e. The first kappa shape index (κ1) is 22.4. The Morgan fingerprint density at radius 2 is 1.78 bits per heavy atom. The second kappa shape index (κ2) is 10.5. The van der Waals surface area contributed by atoms with Gasteiger partial charge in [0.2, 0.25) is 0 Å². The normalized spacial score (nSPS) is 13.3. The Morgan fingerprint density at radius 1 is 1.15 bits per heavy atom. The molecule has 0 saturated heterocycles. The fraction of sp³-hybridized carbons (Fsp3) is 0.526. The maximum Gasteiger partial charge on any atom is 0.408 e. The molecule has 27 heavy (non-hydrogen) atoms. The number of aliphatic carboxylic acids is 1. The fourth-order valence-corrected chi connectivity index (χ4v) is 2.20. The molecule has 4 N–H and O–H groups in total. The summed E-state index contributed by atoms with van der Waals surface area (Å²) in [5.41, 5.74) is 5.92. The van der Waals surface area contributed by atoms with Crippen LogP contribution in [0.25, 0.3) is 0 Å². The van der Waals surface area contributed by atoms with Crippen LogP contribution in [0.2, 0.25) is 0 Å². The van der Waals surface area contributed by atoms with Gasteiger partial charge in [0.05, 0.1) is 0 Å². The zero-order chi connectivity index (χ0) is 20.4. The third-order valence-corrected chi connectivity index (χ3v) is 3.52. The Balaban J connectivity index is 2.37. The number of nitrogens with one attached hydrogen (secondary N) is 1. The summed E-state index contributed by atoms with van der Waals surface area (Å²) in [6, 6.07) is 7.23. The molecule has 1 amide bonds. The van der Waals surface area contributed by atoms with Crippen LogP contribution in [0.4, 0.5) is 4.79 Å². The van der Waals surface area contributed by atoms with E-state index in [-0.39, 0.29) is 19.4 Å². The summed E-state index contributed by atoms with van der Waals surface area (Å²) in [6.07, 6.45) is -0.114. The summed E-state index contributed by atoms with van der Waals surface area (Å²) in [5, 5.41) is 11.5. The van der Waals surface area contributed by atoms with E-state index in [0.717, 1.165) is 5.56 Å². The fourth-order valence-electron chi connectivity index (χ4n) is 2.20. The summed E-state index contributed by atoms with van der Waals surface area (Å²) in [6.45, 7) is 5.18. The maximum absolute atomic E-state index is 11.9. The van der Waals surface area contributed by atoms with Gasteiger partial charge in [0.15, 0.2) is 0 Å². The van der Waals surface area contributed by atoms with E-state index in [4.69, 9.17) is 15.2 Å². The van der Waals surface area contributed by atoms with Gasteiger partial charge in [-0.05, 0) is 45.6 Å². The third-order valence-electron chi connectivity index (χ3n) is 3.52. The molecule has 1 rings (SSSR count). The summed E-state index contributed by atoms with van der Waals surface area (Å²) >= 11 is 0. The number of carbonyl (C=O) groups is 3. The van der Waals surface area contributed by atoms with Gasteiger partial charge in [-0.3, -0.25) is 4.79 Å². The van der Waals surface area contributed by atoms with Gasteiger partial charge in [0, 0.05) is 0 Å². The van der Waals surface area contributed by atoms with Crippen LogP contribution in [0, 0.1) is 0 Å². The molecule has 8 heteroatoms. The second-order valence-corrected chi connectivity index (χ2v) is 7.17. The topological polar surface area (TPSA) is 128 Å². The number of ether oxygens (including phenoxy) is 2. The predicted molar refractivity (Wildman–Crippen MR) is 98.9 cm³/mol. The van der Waals surface area contributed by atoms with Crippen LogP contribution in [0.5, 0.6) is 0 Å². The van der Waals surface area contributed by atoms with Gasteiger partial charge in [-0.25, -0.2) is 9.59 Å². The van der Waals surface area contributed by atoms with Crippen LogP contribution in [0.3, 0.4) is 0 Å². The molecule has 0 aliphatic carbocycles. The van der Waals surface area contributed by atoms with Crippen molar-refractivity contribution in [1.82, 2.24) is 5.32 Å². The molecule has 150 valence electrons. The number of alkyl carbamates (subject to hydrolysis) is 1. The summed E-state index contributed by atoms with van der Waals surface area (Å²) in [4.78, 5) is 34.9. The van der Waals surface area contributed by atoms with E-state index in [2.05, 4.69) is 5.32 Å².